The summed E-state index contributed by atoms with van der Waals surface area (Å²) in [6, 6.07) is 71.5. The molecule has 368 valence electrons. The Morgan fingerprint density at radius 2 is 0.472 bits per heavy atom. The van der Waals surface area contributed by atoms with Gasteiger partial charge in [0.05, 0.1) is 21.2 Å². The minimum atomic E-state index is -4.51. The monoisotopic (exact) mass is 1000 g/mol. The van der Waals surface area contributed by atoms with E-state index in [1.54, 1.807) is 0 Å². The minimum absolute atomic E-state index is 0.0833. The lowest BCUT2D eigenvalue weighted by molar-refractivity contribution is -0.117. The van der Waals surface area contributed by atoms with Crippen molar-refractivity contribution in [1.29, 1.82) is 0 Å². The predicted molar refractivity (Wildman–Crippen MR) is 289 cm³/mol. The van der Waals surface area contributed by atoms with Gasteiger partial charge in [0.25, 0.3) is 0 Å². The Labute approximate surface area is 421 Å². The Morgan fingerprint density at radius 1 is 0.319 bits per heavy atom. The normalized spacial score (nSPS) is 10.7. The van der Waals surface area contributed by atoms with E-state index < -0.39 is 20.2 Å². The molecule has 8 rings (SSSR count). The molecule has 72 heavy (non-hydrogen) atoms. The van der Waals surface area contributed by atoms with Gasteiger partial charge in [-0.15, -0.1) is 0 Å². The smallest absolute Gasteiger partial charge is 0.336 e. The van der Waals surface area contributed by atoms with Crippen molar-refractivity contribution >= 4 is 80.0 Å². The van der Waals surface area contributed by atoms with Crippen LogP contribution >= 0.6 is 0 Å². The van der Waals surface area contributed by atoms with E-state index in [0.717, 1.165) is 24.3 Å². The Morgan fingerprint density at radius 3 is 0.611 bits per heavy atom. The molecule has 0 aliphatic heterocycles. The summed E-state index contributed by atoms with van der Waals surface area (Å²) in [5, 5.41) is 16.8. The number of nitrogens with two attached hydrogens (primary N) is 6. The van der Waals surface area contributed by atoms with Crippen LogP contribution in [0.3, 0.4) is 0 Å². The summed E-state index contributed by atoms with van der Waals surface area (Å²) < 4.78 is 64.5. The summed E-state index contributed by atoms with van der Waals surface area (Å²) in [7, 11) is -9.03. The first-order valence-electron chi connectivity index (χ1n) is 21.6. The number of hydrogen-bond acceptors (Lipinski definition) is 8. The maximum atomic E-state index is 10.8. The number of rotatable bonds is 10. The van der Waals surface area contributed by atoms with Crippen molar-refractivity contribution < 1.29 is 36.8 Å². The van der Waals surface area contributed by atoms with Crippen LogP contribution < -0.4 is 33.8 Å². The lowest BCUT2D eigenvalue weighted by atomic mass is 10.1. The molecule has 0 heterocycles. The van der Waals surface area contributed by atoms with Crippen molar-refractivity contribution in [3.63, 3.8) is 0 Å². The zero-order valence-electron chi connectivity index (χ0n) is 39.0. The van der Waals surface area contributed by atoms with Crippen LogP contribution in [-0.4, -0.2) is 37.9 Å². The number of guanidine groups is 2. The predicted octanol–water partition coefficient (Wildman–Crippen LogP) is 7.52. The lowest BCUT2D eigenvalue weighted by Gasteiger charge is -2.06. The minimum Gasteiger partial charge on any atom is -0.744 e. The van der Waals surface area contributed by atoms with E-state index in [1.165, 1.54) is 57.6 Å². The van der Waals surface area contributed by atoms with Crippen LogP contribution in [0.25, 0.3) is 36.5 Å². The first-order chi connectivity index (χ1) is 34.5. The summed E-state index contributed by atoms with van der Waals surface area (Å²) >= 11 is 0. The highest BCUT2D eigenvalue weighted by molar-refractivity contribution is 7.86. The molecule has 0 saturated heterocycles. The van der Waals surface area contributed by atoms with Crippen molar-refractivity contribution in [2.75, 3.05) is 0 Å². The van der Waals surface area contributed by atoms with E-state index >= 15 is 0 Å². The van der Waals surface area contributed by atoms with Crippen LogP contribution in [-0.2, 0) is 20.2 Å². The number of hydrogen-bond donors (Lipinski definition) is 6. The molecule has 0 aromatic heterocycles. The van der Waals surface area contributed by atoms with Crippen LogP contribution in [0.4, 0.5) is 11.4 Å². The zero-order valence-corrected chi connectivity index (χ0v) is 40.7. The van der Waals surface area contributed by atoms with Crippen LogP contribution in [0.1, 0.15) is 33.4 Å². The molecule has 0 aliphatic rings. The molecule has 16 heteroatoms. The number of azo groups is 1. The van der Waals surface area contributed by atoms with Gasteiger partial charge in [-0.05, 0) is 81.9 Å². The summed E-state index contributed by atoms with van der Waals surface area (Å²) in [4.78, 5) is -0.757. The van der Waals surface area contributed by atoms with Gasteiger partial charge >= 0.3 is 11.9 Å². The maximum Gasteiger partial charge on any atom is 0.336 e. The highest BCUT2D eigenvalue weighted by Crippen LogP contribution is 2.22. The third-order valence-corrected chi connectivity index (χ3v) is 10.4. The third-order valence-electron chi connectivity index (χ3n) is 8.73. The molecule has 8 aromatic rings. The largest absolute Gasteiger partial charge is 0.744 e. The second kappa shape index (κ2) is 31.9. The van der Waals surface area contributed by atoms with Gasteiger partial charge in [-0.25, -0.2) is 16.8 Å². The molecule has 0 atom stereocenters. The Kier molecular flexibility index (Phi) is 25.4. The van der Waals surface area contributed by atoms with Crippen molar-refractivity contribution in [3.8, 4) is 0 Å². The SMILES string of the molecule is C(=C\c1ccccc1)/c1ccccc1.C(=C\c1ccccc1)/c1ccccc1.C(=C\c1ccccc1)/c1ccccc1.NC(N)=[NH2+].NC(N)=[NH2+].O=S(=O)([O-])c1ccc(N=Nc2ccc(S(=O)(=O)[O-])cc2)cc1. The maximum absolute atomic E-state index is 10.8. The van der Waals surface area contributed by atoms with Gasteiger partial charge in [0.1, 0.15) is 20.2 Å². The first-order valence-corrected chi connectivity index (χ1v) is 24.4. The van der Waals surface area contributed by atoms with Gasteiger partial charge in [0.2, 0.25) is 0 Å². The average Bonchev–Trinajstić information content (AvgIpc) is 3.38. The van der Waals surface area contributed by atoms with Gasteiger partial charge in [-0.2, -0.15) is 10.2 Å². The fraction of sp³-hybridized carbons (Fsp3) is 0. The van der Waals surface area contributed by atoms with Crippen LogP contribution in [0.5, 0.6) is 0 Å². The van der Waals surface area contributed by atoms with Gasteiger partial charge in [-0.3, -0.25) is 33.8 Å². The van der Waals surface area contributed by atoms with Gasteiger partial charge in [0.15, 0.2) is 0 Å². The van der Waals surface area contributed by atoms with Gasteiger partial charge < -0.3 is 9.11 Å². The molecule has 0 aliphatic carbocycles. The molecule has 0 bridgehead atoms. The fourth-order valence-electron chi connectivity index (χ4n) is 5.44. The molecular formula is C56H56N8O6S2. The standard InChI is InChI=1S/3C14H12.C12H10N2O6S2.2CH5N3/c3*1-3-7-13(8-4-1)11-12-14-9-5-2-6-10-14;15-21(16,17)11-5-1-9(2-6-11)13-14-10-3-7-12(8-4-10)22(18,19)20;2*2-1(3)4/h3*1-12H;1-8H,(H,15,16,17)(H,18,19,20);2*(H5,2,3,4)/b3*12-11+;;;. The van der Waals surface area contributed by atoms with Gasteiger partial charge in [-0.1, -0.05) is 218 Å². The molecular weight excluding hydrogens is 945 g/mol. The lowest BCUT2D eigenvalue weighted by Crippen LogP contribution is -2.51. The molecule has 14 nitrogen and oxygen atoms in total. The van der Waals surface area contributed by atoms with Crippen LogP contribution in [0, 0.1) is 0 Å². The third kappa shape index (κ3) is 26.5. The summed E-state index contributed by atoms with van der Waals surface area (Å²) in [5.74, 6) is -0.167. The second-order valence-electron chi connectivity index (χ2n) is 14.6. The fourth-order valence-corrected chi connectivity index (χ4v) is 6.38. The quantitative estimate of drug-likeness (QED) is 0.0257. The molecule has 0 unspecified atom stereocenters. The van der Waals surface area contributed by atoms with E-state index in [-0.39, 0.29) is 21.7 Å². The Hall–Kier alpha value is -9.06. The van der Waals surface area contributed by atoms with Crippen molar-refractivity contribution in [2.45, 2.75) is 9.79 Å². The summed E-state index contributed by atoms with van der Waals surface area (Å²) in [6.07, 6.45) is 12.7. The second-order valence-corrected chi connectivity index (χ2v) is 17.3. The van der Waals surface area contributed by atoms with E-state index in [1.807, 2.05) is 109 Å². The van der Waals surface area contributed by atoms with Crippen LogP contribution in [0.2, 0.25) is 0 Å². The molecule has 0 spiro atoms. The summed E-state index contributed by atoms with van der Waals surface area (Å²) in [6.45, 7) is 0. The Balaban J connectivity index is 0.000000245. The van der Waals surface area contributed by atoms with Crippen LogP contribution in [0.15, 0.2) is 251 Å². The number of benzene rings is 8. The molecule has 0 amide bonds. The number of nitrogens with zero attached hydrogens (tertiary/aromatic N) is 2. The average molecular weight is 1000 g/mol. The highest BCUT2D eigenvalue weighted by Gasteiger charge is 2.02. The molecule has 0 saturated carbocycles. The molecule has 12 N–H and O–H groups in total. The van der Waals surface area contributed by atoms with E-state index in [2.05, 4.69) is 153 Å². The van der Waals surface area contributed by atoms with Crippen molar-refractivity contribution in [3.05, 3.63) is 264 Å². The van der Waals surface area contributed by atoms with E-state index in [9.17, 15) is 25.9 Å². The molecule has 0 fully saturated rings. The van der Waals surface area contributed by atoms with Gasteiger partial charge in [0, 0.05) is 0 Å². The zero-order chi connectivity index (χ0) is 52.5. The topological polar surface area (TPSA) is 294 Å². The Bertz CT molecular complexity index is 2730. The van der Waals surface area contributed by atoms with Crippen molar-refractivity contribution in [2.24, 2.45) is 33.2 Å². The van der Waals surface area contributed by atoms with Crippen molar-refractivity contribution in [1.82, 2.24) is 0 Å². The molecule has 0 radical (unpaired) electrons. The summed E-state index contributed by atoms with van der Waals surface area (Å²) in [5.41, 5.74) is 26.3. The molecule has 8 aromatic carbocycles. The highest BCUT2D eigenvalue weighted by atomic mass is 32.2. The van der Waals surface area contributed by atoms with E-state index in [4.69, 9.17) is 0 Å². The first kappa shape index (κ1) is 57.3. The van der Waals surface area contributed by atoms with E-state index in [0.29, 0.717) is 11.4 Å².